The van der Waals surface area contributed by atoms with Crippen molar-refractivity contribution in [1.29, 1.82) is 0 Å². The van der Waals surface area contributed by atoms with E-state index in [0.29, 0.717) is 23.3 Å². The number of rotatable bonds is 3. The van der Waals surface area contributed by atoms with Gasteiger partial charge in [0.25, 0.3) is 5.69 Å². The molecular formula is C10H7NO5. The van der Waals surface area contributed by atoms with Crippen LogP contribution in [-0.4, -0.2) is 18.0 Å². The summed E-state index contributed by atoms with van der Waals surface area (Å²) in [5, 5.41) is 10.8. The molecule has 0 amide bonds. The first-order valence-corrected chi connectivity index (χ1v) is 4.42. The van der Waals surface area contributed by atoms with E-state index in [4.69, 9.17) is 9.47 Å². The second-order valence-corrected chi connectivity index (χ2v) is 3.02. The van der Waals surface area contributed by atoms with Crippen molar-refractivity contribution in [2.24, 2.45) is 0 Å². The molecule has 16 heavy (non-hydrogen) atoms. The fourth-order valence-corrected chi connectivity index (χ4v) is 1.38. The lowest BCUT2D eigenvalue weighted by molar-refractivity contribution is -0.385. The van der Waals surface area contributed by atoms with Crippen LogP contribution < -0.4 is 9.47 Å². The number of benzene rings is 1. The van der Waals surface area contributed by atoms with Crippen molar-refractivity contribution in [1.82, 2.24) is 0 Å². The fourth-order valence-electron chi connectivity index (χ4n) is 1.38. The number of ether oxygens (including phenoxy) is 2. The van der Waals surface area contributed by atoms with E-state index in [1.165, 1.54) is 24.3 Å². The van der Waals surface area contributed by atoms with Gasteiger partial charge in [0, 0.05) is 0 Å². The zero-order valence-electron chi connectivity index (χ0n) is 8.08. The molecule has 2 rings (SSSR count). The zero-order chi connectivity index (χ0) is 11.5. The van der Waals surface area contributed by atoms with E-state index in [-0.39, 0.29) is 12.5 Å². The number of fused-ring (bicyclic) bond motifs is 1. The molecule has 1 aromatic carbocycles. The number of aldehydes is 1. The van der Waals surface area contributed by atoms with E-state index in [2.05, 4.69) is 0 Å². The molecule has 0 spiro atoms. The molecule has 82 valence electrons. The average molecular weight is 221 g/mol. The van der Waals surface area contributed by atoms with Crippen molar-refractivity contribution in [3.05, 3.63) is 33.9 Å². The van der Waals surface area contributed by atoms with Gasteiger partial charge in [0.2, 0.25) is 6.79 Å². The van der Waals surface area contributed by atoms with E-state index in [1.54, 1.807) is 0 Å². The van der Waals surface area contributed by atoms with Crippen LogP contribution in [-0.2, 0) is 4.79 Å². The fraction of sp³-hybridized carbons (Fsp3) is 0.100. The van der Waals surface area contributed by atoms with E-state index < -0.39 is 4.92 Å². The van der Waals surface area contributed by atoms with Crippen LogP contribution in [0.4, 0.5) is 5.69 Å². The molecule has 0 N–H and O–H groups in total. The van der Waals surface area contributed by atoms with Crippen molar-refractivity contribution in [2.45, 2.75) is 0 Å². The molecular weight excluding hydrogens is 214 g/mol. The minimum Gasteiger partial charge on any atom is -0.454 e. The summed E-state index contributed by atoms with van der Waals surface area (Å²) in [4.78, 5) is 20.4. The van der Waals surface area contributed by atoms with Crippen molar-refractivity contribution in [3.63, 3.8) is 0 Å². The van der Waals surface area contributed by atoms with Crippen molar-refractivity contribution < 1.29 is 19.2 Å². The first-order chi connectivity index (χ1) is 7.72. The lowest BCUT2D eigenvalue weighted by Gasteiger charge is -2.00. The first kappa shape index (κ1) is 10.2. The summed E-state index contributed by atoms with van der Waals surface area (Å²) < 4.78 is 10.1. The summed E-state index contributed by atoms with van der Waals surface area (Å²) in [7, 11) is 0. The monoisotopic (exact) mass is 221 g/mol. The van der Waals surface area contributed by atoms with E-state index >= 15 is 0 Å². The molecule has 1 aromatic rings. The third kappa shape index (κ3) is 1.72. The number of nitrogens with zero attached hydrogens (tertiary/aromatic N) is 1. The maximum absolute atomic E-state index is 10.8. The Balaban J connectivity index is 2.52. The quantitative estimate of drug-likeness (QED) is 0.334. The van der Waals surface area contributed by atoms with Crippen LogP contribution in [0.3, 0.4) is 0 Å². The summed E-state index contributed by atoms with van der Waals surface area (Å²) in [5.41, 5.74) is 0.184. The highest BCUT2D eigenvalue weighted by Gasteiger charge is 2.21. The minimum absolute atomic E-state index is 0.0489. The van der Waals surface area contributed by atoms with Crippen LogP contribution >= 0.6 is 0 Å². The number of allylic oxidation sites excluding steroid dienone is 1. The molecule has 1 heterocycles. The van der Waals surface area contributed by atoms with Crippen LogP contribution in [0.5, 0.6) is 11.5 Å². The van der Waals surface area contributed by atoms with Gasteiger partial charge in [-0.2, -0.15) is 0 Å². The molecule has 0 saturated heterocycles. The van der Waals surface area contributed by atoms with Crippen LogP contribution in [0.15, 0.2) is 18.2 Å². The smallest absolute Gasteiger partial charge is 0.280 e. The average Bonchev–Trinajstić information content (AvgIpc) is 2.71. The molecule has 0 fully saturated rings. The van der Waals surface area contributed by atoms with Gasteiger partial charge in [-0.1, -0.05) is 0 Å². The molecule has 0 saturated carbocycles. The standard InChI is InChI=1S/C10H7NO5/c12-3-1-2-7-4-9-10(16-6-15-9)5-8(7)11(13)14/h1-5H,6H2. The molecule has 0 radical (unpaired) electrons. The van der Waals surface area contributed by atoms with Crippen molar-refractivity contribution >= 4 is 18.0 Å². The van der Waals surface area contributed by atoms with Crippen LogP contribution in [0, 0.1) is 10.1 Å². The number of hydrogen-bond donors (Lipinski definition) is 0. The Morgan fingerprint density at radius 1 is 1.31 bits per heavy atom. The summed E-state index contributed by atoms with van der Waals surface area (Å²) in [5.74, 6) is 0.783. The highest BCUT2D eigenvalue weighted by molar-refractivity contribution is 5.77. The van der Waals surface area contributed by atoms with Crippen LogP contribution in [0.1, 0.15) is 5.56 Å². The van der Waals surface area contributed by atoms with Gasteiger partial charge in [0.15, 0.2) is 11.5 Å². The van der Waals surface area contributed by atoms with Gasteiger partial charge in [-0.3, -0.25) is 14.9 Å². The molecule has 6 nitrogen and oxygen atoms in total. The Morgan fingerprint density at radius 3 is 2.62 bits per heavy atom. The third-order valence-corrected chi connectivity index (χ3v) is 2.07. The van der Waals surface area contributed by atoms with Crippen LogP contribution in [0.25, 0.3) is 6.08 Å². The largest absolute Gasteiger partial charge is 0.454 e. The second kappa shape index (κ2) is 4.01. The highest BCUT2D eigenvalue weighted by atomic mass is 16.7. The Hall–Kier alpha value is -2.37. The molecule has 1 aliphatic rings. The Labute approximate surface area is 90.2 Å². The molecule has 0 unspecified atom stereocenters. The van der Waals surface area contributed by atoms with Crippen molar-refractivity contribution in [2.75, 3.05) is 6.79 Å². The predicted octanol–water partition coefficient (Wildman–Crippen LogP) is 1.54. The lowest BCUT2D eigenvalue weighted by Crippen LogP contribution is -1.93. The van der Waals surface area contributed by atoms with Gasteiger partial charge < -0.3 is 9.47 Å². The number of carbonyl (C=O) groups is 1. The van der Waals surface area contributed by atoms with Gasteiger partial charge in [0.05, 0.1) is 16.6 Å². The molecule has 1 aliphatic heterocycles. The summed E-state index contributed by atoms with van der Waals surface area (Å²) in [6.45, 7) is 0.0489. The second-order valence-electron chi connectivity index (χ2n) is 3.02. The number of nitro groups is 1. The van der Waals surface area contributed by atoms with Crippen molar-refractivity contribution in [3.8, 4) is 11.5 Å². The minimum atomic E-state index is -0.535. The third-order valence-electron chi connectivity index (χ3n) is 2.07. The van der Waals surface area contributed by atoms with E-state index in [1.807, 2.05) is 0 Å². The molecule has 0 bridgehead atoms. The Bertz CT molecular complexity index is 480. The molecule has 6 heteroatoms. The summed E-state index contributed by atoms with van der Waals surface area (Å²) in [6.07, 6.45) is 3.09. The number of carbonyl (C=O) groups excluding carboxylic acids is 1. The van der Waals surface area contributed by atoms with Gasteiger partial charge >= 0.3 is 0 Å². The van der Waals surface area contributed by atoms with E-state index in [0.717, 1.165) is 0 Å². The van der Waals surface area contributed by atoms with Gasteiger partial charge in [0.1, 0.15) is 6.29 Å². The lowest BCUT2D eigenvalue weighted by atomic mass is 10.1. The Morgan fingerprint density at radius 2 is 2.00 bits per heavy atom. The predicted molar refractivity (Wildman–Crippen MR) is 54.3 cm³/mol. The summed E-state index contributed by atoms with van der Waals surface area (Å²) >= 11 is 0. The van der Waals surface area contributed by atoms with Crippen LogP contribution in [0.2, 0.25) is 0 Å². The number of hydrogen-bond acceptors (Lipinski definition) is 5. The van der Waals surface area contributed by atoms with E-state index in [9.17, 15) is 14.9 Å². The maximum Gasteiger partial charge on any atom is 0.280 e. The molecule has 0 atom stereocenters. The highest BCUT2D eigenvalue weighted by Crippen LogP contribution is 2.38. The molecule has 0 aromatic heterocycles. The SMILES string of the molecule is O=CC=Cc1cc2c(cc1[N+](=O)[O-])OCO2. The maximum atomic E-state index is 10.8. The topological polar surface area (TPSA) is 78.7 Å². The Kier molecular flexibility index (Phi) is 2.55. The van der Waals surface area contributed by atoms with Gasteiger partial charge in [-0.15, -0.1) is 0 Å². The zero-order valence-corrected chi connectivity index (χ0v) is 8.08. The molecule has 0 aliphatic carbocycles. The van der Waals surface area contributed by atoms with Gasteiger partial charge in [-0.25, -0.2) is 0 Å². The number of nitro benzene ring substituents is 1. The summed E-state index contributed by atoms with van der Waals surface area (Å²) in [6, 6.07) is 2.76. The van der Waals surface area contributed by atoms with Gasteiger partial charge in [-0.05, 0) is 18.2 Å². The first-order valence-electron chi connectivity index (χ1n) is 4.42. The normalized spacial score (nSPS) is 13.0.